The van der Waals surface area contributed by atoms with E-state index in [1.807, 2.05) is 13.0 Å². The van der Waals surface area contributed by atoms with Crippen LogP contribution in [0.3, 0.4) is 0 Å². The summed E-state index contributed by atoms with van der Waals surface area (Å²) >= 11 is 0. The molecule has 0 bridgehead atoms. The third-order valence-electron chi connectivity index (χ3n) is 2.57. The van der Waals surface area contributed by atoms with E-state index in [1.54, 1.807) is 0 Å². The van der Waals surface area contributed by atoms with Crippen molar-refractivity contribution < 1.29 is 5.11 Å². The minimum Gasteiger partial charge on any atom is -0.393 e. The van der Waals surface area contributed by atoms with Gasteiger partial charge in [-0.3, -0.25) is 0 Å². The van der Waals surface area contributed by atoms with E-state index >= 15 is 0 Å². The Hall–Kier alpha value is -0.820. The van der Waals surface area contributed by atoms with Gasteiger partial charge in [-0.2, -0.15) is 0 Å². The molecule has 0 aliphatic carbocycles. The number of aliphatic hydroxyl groups excluding tert-OH is 1. The summed E-state index contributed by atoms with van der Waals surface area (Å²) in [5, 5.41) is 9.36. The molecule has 1 aromatic rings. The maximum absolute atomic E-state index is 9.36. The molecule has 0 spiro atoms. The third kappa shape index (κ3) is 4.43. The predicted molar refractivity (Wildman–Crippen MR) is 60.3 cm³/mol. The molecule has 1 unspecified atom stereocenters. The topological polar surface area (TPSA) is 20.2 Å². The molecule has 1 atom stereocenters. The number of aryl methyl sites for hydroxylation is 1. The average Bonchev–Trinajstić information content (AvgIpc) is 2.25. The third-order valence-corrected chi connectivity index (χ3v) is 2.57. The second kappa shape index (κ2) is 6.61. The molecular weight excluding hydrogens is 172 g/mol. The van der Waals surface area contributed by atoms with Crippen LogP contribution in [-0.2, 0) is 6.42 Å². The molecular formula is C13H20O. The van der Waals surface area contributed by atoms with E-state index < -0.39 is 0 Å². The van der Waals surface area contributed by atoms with Crippen molar-refractivity contribution in [3.05, 3.63) is 35.9 Å². The molecule has 0 fully saturated rings. The lowest BCUT2D eigenvalue weighted by Gasteiger charge is -2.06. The molecule has 0 heterocycles. The van der Waals surface area contributed by atoms with Crippen LogP contribution in [0.15, 0.2) is 30.3 Å². The summed E-state index contributed by atoms with van der Waals surface area (Å²) in [5.41, 5.74) is 1.40. The number of rotatable bonds is 6. The number of benzene rings is 1. The first kappa shape index (κ1) is 11.3. The van der Waals surface area contributed by atoms with E-state index in [0.717, 1.165) is 25.7 Å². The van der Waals surface area contributed by atoms with Gasteiger partial charge in [-0.15, -0.1) is 0 Å². The van der Waals surface area contributed by atoms with Crippen LogP contribution in [0.2, 0.25) is 0 Å². The van der Waals surface area contributed by atoms with Crippen LogP contribution in [-0.4, -0.2) is 11.2 Å². The molecule has 0 aliphatic rings. The molecule has 1 N–H and O–H groups in total. The number of hydrogen-bond acceptors (Lipinski definition) is 1. The van der Waals surface area contributed by atoms with Crippen molar-refractivity contribution in [2.75, 3.05) is 0 Å². The Kier molecular flexibility index (Phi) is 5.31. The van der Waals surface area contributed by atoms with E-state index in [-0.39, 0.29) is 6.10 Å². The molecule has 0 radical (unpaired) electrons. The highest BCUT2D eigenvalue weighted by atomic mass is 16.3. The molecule has 0 saturated carbocycles. The number of hydrogen-bond donors (Lipinski definition) is 1. The fourth-order valence-corrected chi connectivity index (χ4v) is 1.56. The zero-order valence-electron chi connectivity index (χ0n) is 8.95. The Morgan fingerprint density at radius 1 is 1.14 bits per heavy atom. The first-order valence-electron chi connectivity index (χ1n) is 5.55. The van der Waals surface area contributed by atoms with Crippen LogP contribution >= 0.6 is 0 Å². The number of aliphatic hydroxyl groups is 1. The Bertz CT molecular complexity index is 230. The van der Waals surface area contributed by atoms with Crippen LogP contribution < -0.4 is 0 Å². The van der Waals surface area contributed by atoms with Crippen molar-refractivity contribution >= 4 is 0 Å². The largest absolute Gasteiger partial charge is 0.393 e. The zero-order valence-corrected chi connectivity index (χ0v) is 8.95. The van der Waals surface area contributed by atoms with Gasteiger partial charge in [-0.25, -0.2) is 0 Å². The van der Waals surface area contributed by atoms with Crippen LogP contribution in [0.4, 0.5) is 0 Å². The van der Waals surface area contributed by atoms with E-state index in [4.69, 9.17) is 0 Å². The van der Waals surface area contributed by atoms with Crippen molar-refractivity contribution in [2.45, 2.75) is 45.1 Å². The second-order valence-electron chi connectivity index (χ2n) is 3.79. The van der Waals surface area contributed by atoms with Crippen molar-refractivity contribution in [2.24, 2.45) is 0 Å². The highest BCUT2D eigenvalue weighted by Crippen LogP contribution is 2.08. The lowest BCUT2D eigenvalue weighted by molar-refractivity contribution is 0.157. The van der Waals surface area contributed by atoms with Crippen LogP contribution in [0.1, 0.15) is 38.2 Å². The molecule has 0 saturated heterocycles. The smallest absolute Gasteiger partial charge is 0.0537 e. The summed E-state index contributed by atoms with van der Waals surface area (Å²) < 4.78 is 0. The summed E-state index contributed by atoms with van der Waals surface area (Å²) in [5.74, 6) is 0. The molecule has 78 valence electrons. The fourth-order valence-electron chi connectivity index (χ4n) is 1.56. The Morgan fingerprint density at radius 2 is 1.86 bits per heavy atom. The van der Waals surface area contributed by atoms with Gasteiger partial charge >= 0.3 is 0 Å². The lowest BCUT2D eigenvalue weighted by atomic mass is 10.0. The van der Waals surface area contributed by atoms with E-state index in [1.165, 1.54) is 12.0 Å². The summed E-state index contributed by atoms with van der Waals surface area (Å²) in [6.45, 7) is 2.03. The first-order valence-corrected chi connectivity index (χ1v) is 5.55. The van der Waals surface area contributed by atoms with Gasteiger partial charge in [0.15, 0.2) is 0 Å². The highest BCUT2D eigenvalue weighted by Gasteiger charge is 1.99. The zero-order chi connectivity index (χ0) is 10.2. The molecule has 0 aliphatic heterocycles. The van der Waals surface area contributed by atoms with Crippen molar-refractivity contribution in [3.63, 3.8) is 0 Å². The Morgan fingerprint density at radius 3 is 2.50 bits per heavy atom. The van der Waals surface area contributed by atoms with Gasteiger partial charge in [0, 0.05) is 0 Å². The summed E-state index contributed by atoms with van der Waals surface area (Å²) in [6.07, 6.45) is 5.18. The van der Waals surface area contributed by atoms with Crippen LogP contribution in [0, 0.1) is 0 Å². The van der Waals surface area contributed by atoms with Crippen LogP contribution in [0.5, 0.6) is 0 Å². The molecule has 0 amide bonds. The minimum atomic E-state index is -0.0919. The standard InChI is InChI=1S/C13H20O/c1-2-13(14)11-7-6-10-12-8-4-3-5-9-12/h3-5,8-9,13-14H,2,6-7,10-11H2,1H3. The molecule has 1 aromatic carbocycles. The van der Waals surface area contributed by atoms with Crippen molar-refractivity contribution in [1.29, 1.82) is 0 Å². The molecule has 14 heavy (non-hydrogen) atoms. The van der Waals surface area contributed by atoms with Crippen molar-refractivity contribution in [3.8, 4) is 0 Å². The fraction of sp³-hybridized carbons (Fsp3) is 0.538. The summed E-state index contributed by atoms with van der Waals surface area (Å²) in [7, 11) is 0. The van der Waals surface area contributed by atoms with E-state index in [2.05, 4.69) is 24.3 Å². The maximum atomic E-state index is 9.36. The molecule has 1 heteroatoms. The lowest BCUT2D eigenvalue weighted by Crippen LogP contribution is -2.03. The van der Waals surface area contributed by atoms with Crippen molar-refractivity contribution in [1.82, 2.24) is 0 Å². The minimum absolute atomic E-state index is 0.0919. The van der Waals surface area contributed by atoms with Gasteiger partial charge in [-0.05, 0) is 31.2 Å². The number of unbranched alkanes of at least 4 members (excludes halogenated alkanes) is 1. The predicted octanol–water partition coefficient (Wildman–Crippen LogP) is 3.17. The normalized spacial score (nSPS) is 12.7. The maximum Gasteiger partial charge on any atom is 0.0537 e. The summed E-state index contributed by atoms with van der Waals surface area (Å²) in [6, 6.07) is 10.5. The first-order chi connectivity index (χ1) is 6.83. The highest BCUT2D eigenvalue weighted by molar-refractivity contribution is 5.14. The van der Waals surface area contributed by atoms with Crippen LogP contribution in [0.25, 0.3) is 0 Å². The quantitative estimate of drug-likeness (QED) is 0.686. The Balaban J connectivity index is 2.10. The summed E-state index contributed by atoms with van der Waals surface area (Å²) in [4.78, 5) is 0. The molecule has 0 aromatic heterocycles. The van der Waals surface area contributed by atoms with Gasteiger partial charge in [0.1, 0.15) is 0 Å². The Labute approximate surface area is 86.8 Å². The monoisotopic (exact) mass is 192 g/mol. The van der Waals surface area contributed by atoms with Gasteiger partial charge in [0.2, 0.25) is 0 Å². The van der Waals surface area contributed by atoms with E-state index in [9.17, 15) is 5.11 Å². The van der Waals surface area contributed by atoms with E-state index in [0.29, 0.717) is 0 Å². The SMILES string of the molecule is CCC(O)CCCCc1ccccc1. The van der Waals surface area contributed by atoms with Gasteiger partial charge in [0.05, 0.1) is 6.10 Å². The second-order valence-corrected chi connectivity index (χ2v) is 3.79. The molecule has 1 nitrogen and oxygen atoms in total. The van der Waals surface area contributed by atoms with Gasteiger partial charge in [-0.1, -0.05) is 43.7 Å². The van der Waals surface area contributed by atoms with Gasteiger partial charge in [0.25, 0.3) is 0 Å². The molecule has 1 rings (SSSR count). The van der Waals surface area contributed by atoms with Gasteiger partial charge < -0.3 is 5.11 Å². The average molecular weight is 192 g/mol.